The maximum atomic E-state index is 11.4. The van der Waals surface area contributed by atoms with Gasteiger partial charge in [-0.3, -0.25) is 4.79 Å². The molecule has 0 heterocycles. The monoisotopic (exact) mass is 372 g/mol. The second-order valence-corrected chi connectivity index (χ2v) is 4.72. The van der Waals surface area contributed by atoms with Crippen LogP contribution in [-0.2, 0) is 0 Å². The van der Waals surface area contributed by atoms with E-state index in [2.05, 4.69) is 38.5 Å². The van der Waals surface area contributed by atoms with Gasteiger partial charge in [-0.05, 0) is 47.2 Å². The standard InChI is InChI=1S/C9H7BrClIO/c1-5-2-6(11)3-7(9(5)12)8(13)4-10/h2-3H,4H2,1H3. The molecule has 1 aromatic rings. The maximum absolute atomic E-state index is 11.4. The third-order valence-corrected chi connectivity index (χ3v) is 3.80. The Hall–Kier alpha value is 0.390. The van der Waals surface area contributed by atoms with Crippen LogP contribution in [0.25, 0.3) is 0 Å². The molecular formula is C9H7BrClIO. The Balaban J connectivity index is 3.28. The predicted octanol–water partition coefficient (Wildman–Crippen LogP) is 3.83. The number of halogens is 3. The Morgan fingerprint density at radius 2 is 2.23 bits per heavy atom. The van der Waals surface area contributed by atoms with Crippen molar-refractivity contribution in [2.45, 2.75) is 6.92 Å². The molecule has 0 bridgehead atoms. The molecule has 0 aliphatic rings. The van der Waals surface area contributed by atoms with Gasteiger partial charge >= 0.3 is 0 Å². The van der Waals surface area contributed by atoms with Crippen LogP contribution in [0.5, 0.6) is 0 Å². The lowest BCUT2D eigenvalue weighted by molar-refractivity contribution is 0.102. The summed E-state index contributed by atoms with van der Waals surface area (Å²) < 4.78 is 0.978. The molecule has 0 aliphatic heterocycles. The third kappa shape index (κ3) is 2.67. The Kier molecular flexibility index (Phi) is 4.19. The van der Waals surface area contributed by atoms with Crippen molar-refractivity contribution in [3.8, 4) is 0 Å². The first kappa shape index (κ1) is 11.5. The number of carbonyl (C=O) groups excluding carboxylic acids is 1. The van der Waals surface area contributed by atoms with Crippen LogP contribution in [-0.4, -0.2) is 11.1 Å². The van der Waals surface area contributed by atoms with E-state index in [4.69, 9.17) is 11.6 Å². The first-order valence-corrected chi connectivity index (χ1v) is 6.19. The van der Waals surface area contributed by atoms with Crippen molar-refractivity contribution in [2.24, 2.45) is 0 Å². The number of carbonyl (C=O) groups is 1. The van der Waals surface area contributed by atoms with Gasteiger partial charge in [-0.1, -0.05) is 27.5 Å². The van der Waals surface area contributed by atoms with Crippen LogP contribution >= 0.6 is 50.1 Å². The second-order valence-electron chi connectivity index (χ2n) is 2.64. The van der Waals surface area contributed by atoms with Crippen LogP contribution in [0.1, 0.15) is 15.9 Å². The molecule has 0 radical (unpaired) electrons. The van der Waals surface area contributed by atoms with Gasteiger partial charge in [0.15, 0.2) is 5.78 Å². The Morgan fingerprint density at radius 3 is 2.77 bits per heavy atom. The van der Waals surface area contributed by atoms with Gasteiger partial charge < -0.3 is 0 Å². The average molecular weight is 373 g/mol. The zero-order chi connectivity index (χ0) is 10.0. The molecule has 0 unspecified atom stereocenters. The van der Waals surface area contributed by atoms with Crippen molar-refractivity contribution in [3.05, 3.63) is 31.9 Å². The molecule has 0 aromatic heterocycles. The van der Waals surface area contributed by atoms with Gasteiger partial charge in [-0.25, -0.2) is 0 Å². The molecule has 0 aliphatic carbocycles. The molecule has 1 aromatic carbocycles. The summed E-state index contributed by atoms with van der Waals surface area (Å²) in [6, 6.07) is 3.56. The number of hydrogen-bond donors (Lipinski definition) is 0. The first-order chi connectivity index (χ1) is 6.06. The SMILES string of the molecule is Cc1cc(Cl)cc(C(=O)CBr)c1I. The molecule has 0 saturated carbocycles. The van der Waals surface area contributed by atoms with Crippen LogP contribution in [0.2, 0.25) is 5.02 Å². The van der Waals surface area contributed by atoms with E-state index in [0.717, 1.165) is 9.13 Å². The van der Waals surface area contributed by atoms with E-state index in [1.165, 1.54) is 0 Å². The van der Waals surface area contributed by atoms with Gasteiger partial charge in [0.05, 0.1) is 5.33 Å². The van der Waals surface area contributed by atoms with E-state index in [0.29, 0.717) is 15.9 Å². The third-order valence-electron chi connectivity index (χ3n) is 1.64. The van der Waals surface area contributed by atoms with E-state index < -0.39 is 0 Å². The topological polar surface area (TPSA) is 17.1 Å². The van der Waals surface area contributed by atoms with Crippen molar-refractivity contribution in [3.63, 3.8) is 0 Å². The van der Waals surface area contributed by atoms with E-state index in [9.17, 15) is 4.79 Å². The average Bonchev–Trinajstić information content (AvgIpc) is 2.10. The minimum atomic E-state index is 0.0648. The number of Topliss-reactive ketones (excluding diaryl/α,β-unsaturated/α-hetero) is 1. The number of alkyl halides is 1. The summed E-state index contributed by atoms with van der Waals surface area (Å²) in [6.07, 6.45) is 0. The molecule has 4 heteroatoms. The van der Waals surface area contributed by atoms with Crippen molar-refractivity contribution < 1.29 is 4.79 Å². The minimum Gasteiger partial charge on any atom is -0.293 e. The fraction of sp³-hybridized carbons (Fsp3) is 0.222. The van der Waals surface area contributed by atoms with Gasteiger partial charge in [-0.15, -0.1) is 0 Å². The molecule has 0 fully saturated rings. The number of benzene rings is 1. The van der Waals surface area contributed by atoms with Crippen molar-refractivity contribution in [2.75, 3.05) is 5.33 Å². The lowest BCUT2D eigenvalue weighted by Gasteiger charge is -2.05. The fourth-order valence-corrected chi connectivity index (χ4v) is 2.19. The lowest BCUT2D eigenvalue weighted by Crippen LogP contribution is -2.04. The van der Waals surface area contributed by atoms with Gasteiger partial charge in [0.2, 0.25) is 0 Å². The van der Waals surface area contributed by atoms with Crippen molar-refractivity contribution in [1.82, 2.24) is 0 Å². The van der Waals surface area contributed by atoms with E-state index in [1.54, 1.807) is 6.07 Å². The zero-order valence-corrected chi connectivity index (χ0v) is 11.4. The fourth-order valence-electron chi connectivity index (χ4n) is 1.00. The predicted molar refractivity (Wildman–Crippen MR) is 67.0 cm³/mol. The number of rotatable bonds is 2. The van der Waals surface area contributed by atoms with Crippen LogP contribution < -0.4 is 0 Å². The summed E-state index contributed by atoms with van der Waals surface area (Å²) in [5, 5.41) is 0.949. The minimum absolute atomic E-state index is 0.0648. The Bertz CT molecular complexity index is 352. The molecule has 0 spiro atoms. The van der Waals surface area contributed by atoms with Crippen molar-refractivity contribution >= 4 is 55.9 Å². The highest BCUT2D eigenvalue weighted by atomic mass is 127. The highest BCUT2D eigenvalue weighted by Crippen LogP contribution is 2.23. The highest BCUT2D eigenvalue weighted by Gasteiger charge is 2.11. The van der Waals surface area contributed by atoms with E-state index >= 15 is 0 Å². The summed E-state index contributed by atoms with van der Waals surface area (Å²) >= 11 is 11.2. The number of hydrogen-bond acceptors (Lipinski definition) is 1. The molecule has 13 heavy (non-hydrogen) atoms. The summed E-state index contributed by atoms with van der Waals surface area (Å²) in [7, 11) is 0. The summed E-state index contributed by atoms with van der Waals surface area (Å²) in [5.74, 6) is 0.0648. The lowest BCUT2D eigenvalue weighted by atomic mass is 10.1. The molecule has 70 valence electrons. The van der Waals surface area contributed by atoms with E-state index in [-0.39, 0.29) is 5.78 Å². The summed E-state index contributed by atoms with van der Waals surface area (Å²) in [4.78, 5) is 11.4. The molecule has 0 amide bonds. The normalized spacial score (nSPS) is 10.2. The quantitative estimate of drug-likeness (QED) is 0.437. The molecular weight excluding hydrogens is 366 g/mol. The highest BCUT2D eigenvalue weighted by molar-refractivity contribution is 14.1. The smallest absolute Gasteiger partial charge is 0.174 e. The van der Waals surface area contributed by atoms with Gasteiger partial charge in [-0.2, -0.15) is 0 Å². The number of ketones is 1. The molecule has 0 atom stereocenters. The van der Waals surface area contributed by atoms with Crippen LogP contribution in [0.4, 0.5) is 0 Å². The molecule has 0 N–H and O–H groups in total. The maximum Gasteiger partial charge on any atom is 0.174 e. The molecule has 1 nitrogen and oxygen atoms in total. The zero-order valence-electron chi connectivity index (χ0n) is 6.90. The Labute approximate surface area is 104 Å². The van der Waals surface area contributed by atoms with Crippen LogP contribution in [0.3, 0.4) is 0 Å². The first-order valence-electron chi connectivity index (χ1n) is 3.61. The summed E-state index contributed by atoms with van der Waals surface area (Å²) in [5.41, 5.74) is 1.74. The molecule has 0 saturated heterocycles. The second kappa shape index (κ2) is 4.75. The number of aryl methyl sites for hydroxylation is 1. The molecule has 1 rings (SSSR count). The van der Waals surface area contributed by atoms with Gasteiger partial charge in [0.1, 0.15) is 0 Å². The summed E-state index contributed by atoms with van der Waals surface area (Å²) in [6.45, 7) is 1.94. The van der Waals surface area contributed by atoms with Gasteiger partial charge in [0, 0.05) is 14.2 Å². The largest absolute Gasteiger partial charge is 0.293 e. The van der Waals surface area contributed by atoms with Gasteiger partial charge in [0.25, 0.3) is 0 Å². The van der Waals surface area contributed by atoms with E-state index in [1.807, 2.05) is 13.0 Å². The van der Waals surface area contributed by atoms with Crippen LogP contribution in [0, 0.1) is 10.5 Å². The van der Waals surface area contributed by atoms with Crippen molar-refractivity contribution in [1.29, 1.82) is 0 Å². The Morgan fingerprint density at radius 1 is 1.62 bits per heavy atom. The van der Waals surface area contributed by atoms with Crippen LogP contribution in [0.15, 0.2) is 12.1 Å².